The molecule has 0 spiro atoms. The summed E-state index contributed by atoms with van der Waals surface area (Å²) < 4.78 is 27.4. The second kappa shape index (κ2) is 5.19. The summed E-state index contributed by atoms with van der Waals surface area (Å²) in [6, 6.07) is 8.23. The number of aliphatic hydroxyl groups is 1. The van der Waals surface area contributed by atoms with Gasteiger partial charge in [0.25, 0.3) is 0 Å². The number of rotatable bonds is 2. The Morgan fingerprint density at radius 3 is 2.26 bits per heavy atom. The SMILES string of the molecule is CC(O)(c1ccc(F)cc1)c1ccc(Br)c(Cl)c1F. The van der Waals surface area contributed by atoms with Crippen molar-refractivity contribution in [2.45, 2.75) is 12.5 Å². The number of hydrogen-bond donors (Lipinski definition) is 1. The van der Waals surface area contributed by atoms with Crippen LogP contribution in [0.3, 0.4) is 0 Å². The van der Waals surface area contributed by atoms with Crippen LogP contribution in [0.15, 0.2) is 40.9 Å². The molecule has 0 heterocycles. The van der Waals surface area contributed by atoms with E-state index in [-0.39, 0.29) is 10.6 Å². The molecule has 1 N–H and O–H groups in total. The summed E-state index contributed by atoms with van der Waals surface area (Å²) in [6.07, 6.45) is 0. The number of benzene rings is 2. The molecule has 0 saturated carbocycles. The predicted molar refractivity (Wildman–Crippen MR) is 74.2 cm³/mol. The van der Waals surface area contributed by atoms with Gasteiger partial charge in [0.05, 0.1) is 5.02 Å². The molecule has 0 fully saturated rings. The van der Waals surface area contributed by atoms with Crippen LogP contribution in [-0.2, 0) is 5.60 Å². The van der Waals surface area contributed by atoms with Gasteiger partial charge in [-0.3, -0.25) is 0 Å². The van der Waals surface area contributed by atoms with Gasteiger partial charge in [-0.15, -0.1) is 0 Å². The summed E-state index contributed by atoms with van der Waals surface area (Å²) in [6.45, 7) is 1.43. The van der Waals surface area contributed by atoms with Crippen molar-refractivity contribution in [3.63, 3.8) is 0 Å². The fourth-order valence-corrected chi connectivity index (χ4v) is 2.30. The fourth-order valence-electron chi connectivity index (χ4n) is 1.83. The highest BCUT2D eigenvalue weighted by atomic mass is 79.9. The van der Waals surface area contributed by atoms with Gasteiger partial charge in [0, 0.05) is 10.0 Å². The summed E-state index contributed by atoms with van der Waals surface area (Å²) in [5.74, 6) is -1.13. The molecular formula is C14H10BrClF2O. The normalized spacial score (nSPS) is 14.2. The minimum Gasteiger partial charge on any atom is -0.381 e. The summed E-state index contributed by atoms with van der Waals surface area (Å²) >= 11 is 8.92. The van der Waals surface area contributed by atoms with Crippen molar-refractivity contribution < 1.29 is 13.9 Å². The highest BCUT2D eigenvalue weighted by Gasteiger charge is 2.30. The lowest BCUT2D eigenvalue weighted by atomic mass is 9.88. The van der Waals surface area contributed by atoms with Crippen molar-refractivity contribution in [3.8, 4) is 0 Å². The van der Waals surface area contributed by atoms with E-state index in [1.807, 2.05) is 0 Å². The Bertz CT molecular complexity index is 612. The first-order valence-corrected chi connectivity index (χ1v) is 6.63. The van der Waals surface area contributed by atoms with Crippen LogP contribution in [0.4, 0.5) is 8.78 Å². The summed E-state index contributed by atoms with van der Waals surface area (Å²) in [5.41, 5.74) is -1.18. The Labute approximate surface area is 123 Å². The first-order chi connectivity index (χ1) is 8.84. The van der Waals surface area contributed by atoms with Crippen LogP contribution in [0.25, 0.3) is 0 Å². The van der Waals surface area contributed by atoms with Crippen molar-refractivity contribution >= 4 is 27.5 Å². The van der Waals surface area contributed by atoms with E-state index in [1.165, 1.54) is 37.3 Å². The highest BCUT2D eigenvalue weighted by Crippen LogP contribution is 2.36. The lowest BCUT2D eigenvalue weighted by Gasteiger charge is -2.25. The van der Waals surface area contributed by atoms with Crippen molar-refractivity contribution in [1.82, 2.24) is 0 Å². The Kier molecular flexibility index (Phi) is 3.95. The monoisotopic (exact) mass is 346 g/mol. The molecule has 2 aromatic rings. The van der Waals surface area contributed by atoms with E-state index in [1.54, 1.807) is 6.07 Å². The van der Waals surface area contributed by atoms with Gasteiger partial charge in [-0.2, -0.15) is 0 Å². The van der Waals surface area contributed by atoms with Crippen molar-refractivity contribution in [2.24, 2.45) is 0 Å². The number of hydrogen-bond acceptors (Lipinski definition) is 1. The molecular weight excluding hydrogens is 338 g/mol. The van der Waals surface area contributed by atoms with Crippen molar-refractivity contribution in [3.05, 3.63) is 68.7 Å². The number of halogens is 4. The summed E-state index contributed by atoms with van der Waals surface area (Å²) in [4.78, 5) is 0. The van der Waals surface area contributed by atoms with Crippen LogP contribution >= 0.6 is 27.5 Å². The molecule has 0 aliphatic carbocycles. The molecule has 0 radical (unpaired) electrons. The van der Waals surface area contributed by atoms with Gasteiger partial charge in [-0.1, -0.05) is 29.8 Å². The van der Waals surface area contributed by atoms with Crippen LogP contribution in [0, 0.1) is 11.6 Å². The molecule has 0 saturated heterocycles. The molecule has 0 aromatic heterocycles. The molecule has 0 aliphatic heterocycles. The molecule has 0 bridgehead atoms. The molecule has 1 unspecified atom stereocenters. The zero-order valence-electron chi connectivity index (χ0n) is 9.92. The van der Waals surface area contributed by atoms with Crippen molar-refractivity contribution in [2.75, 3.05) is 0 Å². The molecule has 2 aromatic carbocycles. The van der Waals surface area contributed by atoms with E-state index < -0.39 is 17.2 Å². The van der Waals surface area contributed by atoms with E-state index >= 15 is 0 Å². The Hall–Kier alpha value is -0.970. The average molecular weight is 348 g/mol. The Morgan fingerprint density at radius 1 is 1.11 bits per heavy atom. The minimum atomic E-state index is -1.60. The smallest absolute Gasteiger partial charge is 0.149 e. The van der Waals surface area contributed by atoms with Crippen LogP contribution in [-0.4, -0.2) is 5.11 Å². The molecule has 1 nitrogen and oxygen atoms in total. The maximum atomic E-state index is 14.1. The molecule has 5 heteroatoms. The Balaban J connectivity index is 2.56. The second-order valence-electron chi connectivity index (χ2n) is 4.30. The van der Waals surface area contributed by atoms with Gasteiger partial charge in [0.2, 0.25) is 0 Å². The zero-order chi connectivity index (χ0) is 14.2. The third kappa shape index (κ3) is 2.66. The lowest BCUT2D eigenvalue weighted by molar-refractivity contribution is 0.0979. The topological polar surface area (TPSA) is 20.2 Å². The van der Waals surface area contributed by atoms with Gasteiger partial charge in [0.15, 0.2) is 0 Å². The maximum Gasteiger partial charge on any atom is 0.149 e. The van der Waals surface area contributed by atoms with E-state index in [4.69, 9.17) is 11.6 Å². The van der Waals surface area contributed by atoms with Crippen LogP contribution < -0.4 is 0 Å². The van der Waals surface area contributed by atoms with Gasteiger partial charge in [0.1, 0.15) is 17.2 Å². The van der Waals surface area contributed by atoms with Crippen LogP contribution in [0.2, 0.25) is 5.02 Å². The standard InChI is InChI=1S/C14H10BrClF2O/c1-14(19,8-2-4-9(17)5-3-8)10-6-7-11(15)12(16)13(10)18/h2-7,19H,1H3. The lowest BCUT2D eigenvalue weighted by Crippen LogP contribution is -2.24. The van der Waals surface area contributed by atoms with E-state index in [2.05, 4.69) is 15.9 Å². The van der Waals surface area contributed by atoms with Gasteiger partial charge < -0.3 is 5.11 Å². The minimum absolute atomic E-state index is 0.0345. The first-order valence-electron chi connectivity index (χ1n) is 5.46. The molecule has 19 heavy (non-hydrogen) atoms. The first kappa shape index (κ1) is 14.4. The van der Waals surface area contributed by atoms with Gasteiger partial charge in [-0.25, -0.2) is 8.78 Å². The molecule has 0 amide bonds. The summed E-state index contributed by atoms with van der Waals surface area (Å²) in [7, 11) is 0. The molecule has 2 rings (SSSR count). The van der Waals surface area contributed by atoms with E-state index in [0.717, 1.165) is 0 Å². The van der Waals surface area contributed by atoms with Crippen LogP contribution in [0.5, 0.6) is 0 Å². The van der Waals surface area contributed by atoms with E-state index in [0.29, 0.717) is 10.0 Å². The highest BCUT2D eigenvalue weighted by molar-refractivity contribution is 9.10. The van der Waals surface area contributed by atoms with Crippen LogP contribution in [0.1, 0.15) is 18.1 Å². The van der Waals surface area contributed by atoms with Crippen molar-refractivity contribution in [1.29, 1.82) is 0 Å². The molecule has 1 atom stereocenters. The fraction of sp³-hybridized carbons (Fsp3) is 0.143. The zero-order valence-corrected chi connectivity index (χ0v) is 12.3. The predicted octanol–water partition coefficient (Wildman–Crippen LogP) is 4.64. The molecule has 100 valence electrons. The largest absolute Gasteiger partial charge is 0.381 e. The Morgan fingerprint density at radius 2 is 1.68 bits per heavy atom. The molecule has 0 aliphatic rings. The quantitative estimate of drug-likeness (QED) is 0.785. The average Bonchev–Trinajstić information content (AvgIpc) is 2.36. The van der Waals surface area contributed by atoms with E-state index in [9.17, 15) is 13.9 Å². The van der Waals surface area contributed by atoms with Gasteiger partial charge in [-0.05, 0) is 46.6 Å². The summed E-state index contributed by atoms with van der Waals surface area (Å²) in [5, 5.41) is 10.4. The maximum absolute atomic E-state index is 14.1. The van der Waals surface area contributed by atoms with Gasteiger partial charge >= 0.3 is 0 Å². The third-order valence-electron chi connectivity index (χ3n) is 2.97. The third-order valence-corrected chi connectivity index (χ3v) is 4.22. The second-order valence-corrected chi connectivity index (χ2v) is 5.53.